The van der Waals surface area contributed by atoms with Gasteiger partial charge in [-0.2, -0.15) is 0 Å². The average molecular weight is 860 g/mol. The first-order chi connectivity index (χ1) is 27.0. The maximum Gasteiger partial charge on any atom is 0.306 e. The largest absolute Gasteiger partial charge is 0.481 e. The maximum atomic E-state index is 16.1. The fourth-order valence-electron chi connectivity index (χ4n) is 11.5. The lowest BCUT2D eigenvalue weighted by atomic mass is 9.51. The van der Waals surface area contributed by atoms with Gasteiger partial charge < -0.3 is 35.0 Å². The first-order valence-corrected chi connectivity index (χ1v) is 22.8. The second kappa shape index (κ2) is 11.5. The number of carboxylic acids is 1. The van der Waals surface area contributed by atoms with Crippen molar-refractivity contribution in [1.82, 2.24) is 19.6 Å². The molecule has 9 aliphatic heterocycles. The van der Waals surface area contributed by atoms with Gasteiger partial charge >= 0.3 is 11.9 Å². The standard InChI is InChI=1S/C37H35F2N5O9S4/c1-5-32-28(49)43-22-13-16-7-8-17(38)14-19(16)34(22,25(48)36(43,56-54-32)30(51)41(32)3)35-20-15-18(39)9-10-21(20)40-27(35)44-29(50)33(6-2)42(4)31(52)37(44,57-55-33)26(35)53-24(47)12-11-23(45)46/h7-10,14-15,22,25-27,40,48H,5-6,11-13H2,1-4H3,(H,45,46)/t22-,25-,26-,27+,32-,33-,34-,35+,36-,37-/m0/s1. The molecule has 8 fully saturated rings. The average Bonchev–Trinajstić information content (AvgIpc) is 3.83. The quantitative estimate of drug-likeness (QED) is 0.274. The number of benzene rings is 2. The SMILES string of the molecule is CC[C@@]12SS[C@]3(C(=O)N1C)[C@@H](O)[C@]1([C@@]45c6cc(F)ccc6N[C@@H]4N4C(=O)[C@]6(CC)SS[C@]4(C(=O)N6C)[C@H]5OC(=O)CCC(=O)O)c4cc(F)ccc4C[C@@H]1N3C2=O. The fourth-order valence-corrected chi connectivity index (χ4v) is 19.5. The molecule has 300 valence electrons. The van der Waals surface area contributed by atoms with Crippen LogP contribution in [0.5, 0.6) is 0 Å². The molecular formula is C37H35F2N5O9S4. The van der Waals surface area contributed by atoms with Crippen molar-refractivity contribution >= 4 is 84.4 Å². The molecule has 2 aromatic carbocycles. The summed E-state index contributed by atoms with van der Waals surface area (Å²) in [7, 11) is 7.17. The van der Waals surface area contributed by atoms with Gasteiger partial charge in [0.25, 0.3) is 23.6 Å². The number of nitrogens with zero attached hydrogens (tertiary/aromatic N) is 4. The number of nitrogens with one attached hydrogen (secondary N) is 1. The van der Waals surface area contributed by atoms with Gasteiger partial charge in [0.1, 0.15) is 23.9 Å². The van der Waals surface area contributed by atoms with E-state index in [2.05, 4.69) is 5.32 Å². The Morgan fingerprint density at radius 1 is 0.807 bits per heavy atom. The van der Waals surface area contributed by atoms with Gasteiger partial charge in [0, 0.05) is 19.8 Å². The number of fused-ring (bicyclic) bond motifs is 11. The summed E-state index contributed by atoms with van der Waals surface area (Å²) >= 11 is 0. The van der Waals surface area contributed by atoms with Crippen molar-refractivity contribution in [3.8, 4) is 0 Å². The topological polar surface area (TPSA) is 177 Å². The minimum Gasteiger partial charge on any atom is -0.481 e. The number of aliphatic hydroxyl groups excluding tert-OH is 1. The Hall–Kier alpha value is -3.72. The van der Waals surface area contributed by atoms with Gasteiger partial charge in [0.05, 0.1) is 29.7 Å². The highest BCUT2D eigenvalue weighted by Gasteiger charge is 2.93. The highest BCUT2D eigenvalue weighted by atomic mass is 33.1. The summed E-state index contributed by atoms with van der Waals surface area (Å²) in [5.41, 5.74) is -3.33. The van der Waals surface area contributed by atoms with E-state index in [9.17, 15) is 24.6 Å². The summed E-state index contributed by atoms with van der Waals surface area (Å²) in [5, 5.41) is 26.6. The number of hydrogen-bond acceptors (Lipinski definition) is 13. The Balaban J connectivity index is 1.36. The second-order valence-corrected chi connectivity index (χ2v) is 21.0. The molecule has 0 aromatic heterocycles. The molecule has 57 heavy (non-hydrogen) atoms. The van der Waals surface area contributed by atoms with E-state index in [4.69, 9.17) is 4.74 Å². The summed E-state index contributed by atoms with van der Waals surface area (Å²) < 4.78 is 38.5. The number of aliphatic hydroxyl groups is 1. The van der Waals surface area contributed by atoms with Crippen molar-refractivity contribution in [3.05, 3.63) is 64.7 Å². The summed E-state index contributed by atoms with van der Waals surface area (Å²) in [4.78, 5) is 85.0. The number of piperazine rings is 2. The van der Waals surface area contributed by atoms with E-state index in [0.717, 1.165) is 43.2 Å². The van der Waals surface area contributed by atoms with E-state index < -0.39 is 115 Å². The monoisotopic (exact) mass is 859 g/mol. The molecule has 0 radical (unpaired) electrons. The van der Waals surface area contributed by atoms with Crippen LogP contribution in [-0.4, -0.2) is 123 Å². The summed E-state index contributed by atoms with van der Waals surface area (Å²) in [5.74, 6) is -6.16. The molecule has 0 unspecified atom stereocenters. The van der Waals surface area contributed by atoms with Gasteiger partial charge in [-0.3, -0.25) is 33.7 Å². The van der Waals surface area contributed by atoms with E-state index in [1.54, 1.807) is 13.8 Å². The predicted octanol–water partition coefficient (Wildman–Crippen LogP) is 2.98. The number of ether oxygens (including phenoxy) is 1. The lowest BCUT2D eigenvalue weighted by molar-refractivity contribution is -0.174. The van der Waals surface area contributed by atoms with E-state index in [1.165, 1.54) is 70.1 Å². The van der Waals surface area contributed by atoms with Crippen molar-refractivity contribution in [3.63, 3.8) is 0 Å². The lowest BCUT2D eigenvalue weighted by Gasteiger charge is -2.59. The minimum atomic E-state index is -2.16. The Kier molecular flexibility index (Phi) is 7.58. The highest BCUT2D eigenvalue weighted by Crippen LogP contribution is 2.79. The van der Waals surface area contributed by atoms with Crippen molar-refractivity contribution in [2.45, 2.75) is 101 Å². The van der Waals surface area contributed by atoms with E-state index in [0.29, 0.717) is 5.56 Å². The van der Waals surface area contributed by atoms with Crippen molar-refractivity contribution < 1.29 is 52.5 Å². The molecule has 10 aliphatic rings. The number of aliphatic carboxylic acids is 1. The number of halogens is 2. The molecule has 10 atom stereocenters. The van der Waals surface area contributed by atoms with Crippen LogP contribution in [0.4, 0.5) is 14.5 Å². The van der Waals surface area contributed by atoms with E-state index >= 15 is 23.2 Å². The number of rotatable bonds is 7. The minimum absolute atomic E-state index is 0.0312. The number of carboxylic acid groups (broad SMARTS) is 1. The predicted molar refractivity (Wildman–Crippen MR) is 205 cm³/mol. The molecule has 0 saturated carbocycles. The van der Waals surface area contributed by atoms with Gasteiger partial charge in [0.15, 0.2) is 15.8 Å². The van der Waals surface area contributed by atoms with Crippen LogP contribution in [0.25, 0.3) is 0 Å². The van der Waals surface area contributed by atoms with Crippen LogP contribution >= 0.6 is 43.2 Å². The van der Waals surface area contributed by atoms with Crippen LogP contribution in [0.15, 0.2) is 36.4 Å². The Labute approximate surface area is 339 Å². The zero-order valence-electron chi connectivity index (χ0n) is 30.7. The van der Waals surface area contributed by atoms with Crippen molar-refractivity contribution in [2.75, 3.05) is 19.4 Å². The maximum absolute atomic E-state index is 16.1. The number of carbonyl (C=O) groups is 6. The number of anilines is 1. The molecule has 2 aromatic rings. The van der Waals surface area contributed by atoms with Crippen LogP contribution in [0.1, 0.15) is 56.2 Å². The van der Waals surface area contributed by atoms with Gasteiger partial charge in [-0.1, -0.05) is 41.5 Å². The van der Waals surface area contributed by atoms with Crippen LogP contribution in [0, 0.1) is 11.6 Å². The van der Waals surface area contributed by atoms with E-state index in [-0.39, 0.29) is 36.1 Å². The zero-order chi connectivity index (χ0) is 40.6. The second-order valence-electron chi connectivity index (χ2n) is 15.7. The van der Waals surface area contributed by atoms with Crippen LogP contribution < -0.4 is 5.32 Å². The number of esters is 1. The van der Waals surface area contributed by atoms with Crippen molar-refractivity contribution in [1.29, 1.82) is 0 Å². The molecule has 20 heteroatoms. The molecule has 12 rings (SSSR count). The number of likely N-dealkylation sites (N-methyl/N-ethyl adjacent to an activating group) is 2. The Morgan fingerprint density at radius 3 is 2.02 bits per heavy atom. The number of amides is 4. The highest BCUT2D eigenvalue weighted by molar-refractivity contribution is 8.78. The Bertz CT molecular complexity index is 2310. The van der Waals surface area contributed by atoms with Crippen LogP contribution in [0.2, 0.25) is 0 Å². The molecule has 8 saturated heterocycles. The molecule has 2 spiro atoms. The van der Waals surface area contributed by atoms with Crippen LogP contribution in [0.3, 0.4) is 0 Å². The number of carbonyl (C=O) groups excluding carboxylic acids is 5. The molecule has 4 amide bonds. The van der Waals surface area contributed by atoms with Gasteiger partial charge in [-0.05, 0) is 87.9 Å². The third-order valence-electron chi connectivity index (χ3n) is 13.9. The summed E-state index contributed by atoms with van der Waals surface area (Å²) in [6.07, 6.45) is -6.23. The molecule has 14 nitrogen and oxygen atoms in total. The third-order valence-corrected chi connectivity index (χ3v) is 21.5. The van der Waals surface area contributed by atoms with Gasteiger partial charge in [-0.25, -0.2) is 8.78 Å². The summed E-state index contributed by atoms with van der Waals surface area (Å²) in [6.45, 7) is 3.52. The van der Waals surface area contributed by atoms with Gasteiger partial charge in [-0.15, -0.1) is 0 Å². The zero-order valence-corrected chi connectivity index (χ0v) is 34.0. The molecule has 9 heterocycles. The smallest absolute Gasteiger partial charge is 0.306 e. The lowest BCUT2D eigenvalue weighted by Crippen LogP contribution is -2.78. The normalized spacial score (nSPS) is 40.2. The number of hydrogen-bond donors (Lipinski definition) is 3. The molecule has 4 bridgehead atoms. The van der Waals surface area contributed by atoms with Crippen molar-refractivity contribution in [2.24, 2.45) is 0 Å². The molecule has 1 aliphatic carbocycles. The first kappa shape index (κ1) is 37.5. The van der Waals surface area contributed by atoms with E-state index in [1.807, 2.05) is 0 Å². The first-order valence-electron chi connectivity index (χ1n) is 18.5. The van der Waals surface area contributed by atoms with Crippen LogP contribution in [-0.2, 0) is 50.8 Å². The van der Waals surface area contributed by atoms with Gasteiger partial charge in [0.2, 0.25) is 9.74 Å². The molecular weight excluding hydrogens is 825 g/mol. The summed E-state index contributed by atoms with van der Waals surface area (Å²) in [6, 6.07) is 6.51. The fraction of sp³-hybridized carbons (Fsp3) is 0.514. The molecule has 3 N–H and O–H groups in total. The Morgan fingerprint density at radius 2 is 1.39 bits per heavy atom. The third kappa shape index (κ3) is 3.73.